The maximum absolute atomic E-state index is 2.52. The van der Waals surface area contributed by atoms with Crippen molar-refractivity contribution in [1.82, 2.24) is 0 Å². The van der Waals surface area contributed by atoms with Crippen molar-refractivity contribution in [2.45, 2.75) is 53.5 Å². The van der Waals surface area contributed by atoms with Gasteiger partial charge in [0.15, 0.2) is 12.2 Å². The first-order chi connectivity index (χ1) is 16.4. The lowest BCUT2D eigenvalue weighted by Crippen LogP contribution is -2.45. The third-order valence-electron chi connectivity index (χ3n) is 7.88. The van der Waals surface area contributed by atoms with Gasteiger partial charge in [-0.05, 0) is 68.5 Å². The molecule has 0 radical (unpaired) electrons. The summed E-state index contributed by atoms with van der Waals surface area (Å²) in [4.78, 5) is 4.25. The number of benzene rings is 2. The van der Waals surface area contributed by atoms with Crippen LogP contribution in [0.25, 0.3) is 41.5 Å². The number of aryl methyl sites for hydroxylation is 2. The first-order valence-electron chi connectivity index (χ1n) is 12.1. The molecule has 3 heteroatoms. The Bertz CT molecular complexity index is 1570. The lowest BCUT2D eigenvalue weighted by molar-refractivity contribution is -0.713. The largest absolute Gasteiger partial charge is 0.231 e. The van der Waals surface area contributed by atoms with E-state index in [1.807, 2.05) is 22.7 Å². The molecule has 4 heterocycles. The number of pyridine rings is 1. The Balaban J connectivity index is 1.62. The fourth-order valence-electron chi connectivity index (χ4n) is 5.52. The van der Waals surface area contributed by atoms with Gasteiger partial charge >= 0.3 is 0 Å². The SMILES string of the molecule is Cc1ccc2c(c1)-c1c3sc(-c4sc(-c5ccccc5)c(C)c4C)c(C)c3cc[n+]1C(C)C2C. The van der Waals surface area contributed by atoms with Gasteiger partial charge in [-0.15, -0.1) is 22.7 Å². The molecule has 34 heavy (non-hydrogen) atoms. The summed E-state index contributed by atoms with van der Waals surface area (Å²) < 4.78 is 3.95. The third kappa shape index (κ3) is 3.07. The van der Waals surface area contributed by atoms with E-state index in [1.54, 1.807) is 0 Å². The highest BCUT2D eigenvalue weighted by Crippen LogP contribution is 2.50. The van der Waals surface area contributed by atoms with Crippen LogP contribution in [0.3, 0.4) is 0 Å². The molecule has 0 fully saturated rings. The molecule has 6 rings (SSSR count). The van der Waals surface area contributed by atoms with Gasteiger partial charge in [0.1, 0.15) is 4.70 Å². The third-order valence-corrected chi connectivity index (χ3v) is 10.8. The van der Waals surface area contributed by atoms with Crippen molar-refractivity contribution in [3.05, 3.63) is 88.6 Å². The van der Waals surface area contributed by atoms with E-state index in [0.29, 0.717) is 12.0 Å². The molecule has 0 saturated heterocycles. The maximum atomic E-state index is 2.52. The number of thiophene rings is 2. The minimum Gasteiger partial charge on any atom is -0.194 e. The fraction of sp³-hybridized carbons (Fsp3) is 0.258. The molecule has 2 aromatic carbocycles. The van der Waals surface area contributed by atoms with E-state index in [0.717, 1.165) is 0 Å². The standard InChI is InChI=1S/C31H30NS2/c1-17-12-13-24-20(4)22(6)32-15-14-25-21(5)30(34-31(25)27(32)26(24)16-17)29-19(3)18(2)28(33-29)23-10-8-7-9-11-23/h7-16,20,22H,1-6H3/q+1. The molecule has 0 spiro atoms. The van der Waals surface area contributed by atoms with Crippen LogP contribution in [0.4, 0.5) is 0 Å². The molecule has 0 N–H and O–H groups in total. The topological polar surface area (TPSA) is 3.88 Å². The molecule has 2 unspecified atom stereocenters. The predicted octanol–water partition coefficient (Wildman–Crippen LogP) is 9.16. The van der Waals surface area contributed by atoms with Gasteiger partial charge in [-0.3, -0.25) is 0 Å². The second-order valence-corrected chi connectivity index (χ2v) is 11.9. The van der Waals surface area contributed by atoms with Crippen molar-refractivity contribution in [1.29, 1.82) is 0 Å². The maximum Gasteiger partial charge on any atom is 0.231 e. The Morgan fingerprint density at radius 2 is 1.44 bits per heavy atom. The molecule has 2 atom stereocenters. The zero-order chi connectivity index (χ0) is 23.7. The number of aromatic nitrogens is 1. The second-order valence-electron chi connectivity index (χ2n) is 9.87. The summed E-state index contributed by atoms with van der Waals surface area (Å²) in [7, 11) is 0. The van der Waals surface area contributed by atoms with E-state index in [2.05, 4.69) is 107 Å². The molecule has 0 aliphatic carbocycles. The van der Waals surface area contributed by atoms with E-state index in [9.17, 15) is 0 Å². The van der Waals surface area contributed by atoms with E-state index in [-0.39, 0.29) is 0 Å². The van der Waals surface area contributed by atoms with Crippen molar-refractivity contribution < 1.29 is 4.57 Å². The average Bonchev–Trinajstić information content (AvgIpc) is 3.33. The number of rotatable bonds is 2. The van der Waals surface area contributed by atoms with Crippen LogP contribution in [0.1, 0.15) is 53.6 Å². The summed E-state index contributed by atoms with van der Waals surface area (Å²) in [5.41, 5.74) is 11.2. The van der Waals surface area contributed by atoms with Gasteiger partial charge in [-0.1, -0.05) is 55.0 Å². The van der Waals surface area contributed by atoms with Crippen LogP contribution in [0.5, 0.6) is 0 Å². The molecule has 0 bridgehead atoms. The van der Waals surface area contributed by atoms with Crippen LogP contribution in [-0.4, -0.2) is 0 Å². The molecular weight excluding hydrogens is 450 g/mol. The number of hydrogen-bond donors (Lipinski definition) is 0. The molecule has 0 amide bonds. The van der Waals surface area contributed by atoms with Gasteiger partial charge in [0, 0.05) is 32.0 Å². The van der Waals surface area contributed by atoms with Crippen molar-refractivity contribution in [3.8, 4) is 31.5 Å². The van der Waals surface area contributed by atoms with Crippen molar-refractivity contribution in [2.75, 3.05) is 0 Å². The van der Waals surface area contributed by atoms with E-state index in [1.165, 1.54) is 69.4 Å². The predicted molar refractivity (Wildman–Crippen MR) is 148 cm³/mol. The van der Waals surface area contributed by atoms with Crippen LogP contribution in [0, 0.1) is 27.7 Å². The Morgan fingerprint density at radius 1 is 0.735 bits per heavy atom. The molecule has 1 aliphatic heterocycles. The number of nitrogens with zero attached hydrogens (tertiary/aromatic N) is 1. The summed E-state index contributed by atoms with van der Waals surface area (Å²) in [5, 5.41) is 1.40. The zero-order valence-corrected chi connectivity index (χ0v) is 22.3. The highest BCUT2D eigenvalue weighted by atomic mass is 32.1. The Kier molecular flexibility index (Phi) is 5.05. The summed E-state index contributed by atoms with van der Waals surface area (Å²) in [6, 6.07) is 20.6. The Morgan fingerprint density at radius 3 is 2.21 bits per heavy atom. The van der Waals surface area contributed by atoms with Crippen LogP contribution in [0.2, 0.25) is 0 Å². The Hall–Kier alpha value is -2.75. The smallest absolute Gasteiger partial charge is 0.194 e. The van der Waals surface area contributed by atoms with Gasteiger partial charge in [0.2, 0.25) is 5.69 Å². The van der Waals surface area contributed by atoms with E-state index in [4.69, 9.17) is 0 Å². The Labute approximate surface area is 210 Å². The monoisotopic (exact) mass is 480 g/mol. The molecule has 1 nitrogen and oxygen atoms in total. The van der Waals surface area contributed by atoms with Gasteiger partial charge in [0.05, 0.1) is 5.56 Å². The summed E-state index contributed by atoms with van der Waals surface area (Å²) >= 11 is 3.94. The molecule has 0 saturated carbocycles. The highest BCUT2D eigenvalue weighted by Gasteiger charge is 2.37. The van der Waals surface area contributed by atoms with Crippen LogP contribution in [0.15, 0.2) is 60.8 Å². The molecule has 170 valence electrons. The van der Waals surface area contributed by atoms with Crippen LogP contribution in [-0.2, 0) is 0 Å². The van der Waals surface area contributed by atoms with Gasteiger partial charge < -0.3 is 0 Å². The average molecular weight is 481 g/mol. The highest BCUT2D eigenvalue weighted by molar-refractivity contribution is 7.27. The van der Waals surface area contributed by atoms with Crippen molar-refractivity contribution >= 4 is 32.8 Å². The molecule has 5 aromatic rings. The van der Waals surface area contributed by atoms with Crippen LogP contribution >= 0.6 is 22.7 Å². The van der Waals surface area contributed by atoms with Crippen LogP contribution < -0.4 is 4.57 Å². The first kappa shape index (κ1) is 21.8. The fourth-order valence-corrected chi connectivity index (χ4v) is 8.44. The van der Waals surface area contributed by atoms with Gasteiger partial charge in [-0.25, -0.2) is 0 Å². The van der Waals surface area contributed by atoms with Gasteiger partial charge in [-0.2, -0.15) is 4.57 Å². The molecular formula is C31H30NS2+. The lowest BCUT2D eigenvalue weighted by atomic mass is 9.84. The zero-order valence-electron chi connectivity index (χ0n) is 20.7. The molecule has 1 aliphatic rings. The van der Waals surface area contributed by atoms with Crippen molar-refractivity contribution in [3.63, 3.8) is 0 Å². The summed E-state index contributed by atoms with van der Waals surface area (Å²) in [6.45, 7) is 13.8. The quantitative estimate of drug-likeness (QED) is 0.222. The first-order valence-corrected chi connectivity index (χ1v) is 13.7. The normalized spacial score (nSPS) is 17.1. The minimum atomic E-state index is 0.441. The van der Waals surface area contributed by atoms with E-state index < -0.39 is 0 Å². The van der Waals surface area contributed by atoms with Gasteiger partial charge in [0.25, 0.3) is 0 Å². The van der Waals surface area contributed by atoms with Crippen molar-refractivity contribution in [2.24, 2.45) is 0 Å². The lowest BCUT2D eigenvalue weighted by Gasteiger charge is -2.26. The minimum absolute atomic E-state index is 0.441. The molecule has 3 aromatic heterocycles. The second kappa shape index (κ2) is 7.90. The summed E-state index contributed by atoms with van der Waals surface area (Å²) in [6.07, 6.45) is 2.33. The number of hydrogen-bond acceptors (Lipinski definition) is 2. The number of fused-ring (bicyclic) bond motifs is 5. The van der Waals surface area contributed by atoms with E-state index >= 15 is 0 Å². The summed E-state index contributed by atoms with van der Waals surface area (Å²) in [5.74, 6) is 0.502.